The Labute approximate surface area is 145 Å². The van der Waals surface area contributed by atoms with Crippen molar-refractivity contribution < 1.29 is 9.53 Å². The van der Waals surface area contributed by atoms with Gasteiger partial charge in [0.05, 0.1) is 13.2 Å². The normalized spacial score (nSPS) is 25.6. The molecule has 0 spiro atoms. The lowest BCUT2D eigenvalue weighted by Crippen LogP contribution is -2.51. The molecule has 1 saturated carbocycles. The first-order valence-corrected chi connectivity index (χ1v) is 9.32. The number of fused-ring (bicyclic) bond motifs is 1. The number of amides is 1. The van der Waals surface area contributed by atoms with Gasteiger partial charge < -0.3 is 10.1 Å². The maximum Gasteiger partial charge on any atom is 0.237 e. The Morgan fingerprint density at radius 2 is 1.92 bits per heavy atom. The van der Waals surface area contributed by atoms with E-state index in [9.17, 15) is 4.79 Å². The highest BCUT2D eigenvalue weighted by molar-refractivity contribution is 5.81. The molecule has 0 radical (unpaired) electrons. The van der Waals surface area contributed by atoms with Crippen molar-refractivity contribution in [1.29, 1.82) is 0 Å². The van der Waals surface area contributed by atoms with Crippen molar-refractivity contribution in [3.8, 4) is 5.75 Å². The summed E-state index contributed by atoms with van der Waals surface area (Å²) in [5, 5.41) is 3.08. The van der Waals surface area contributed by atoms with Crippen molar-refractivity contribution in [1.82, 2.24) is 10.2 Å². The number of carbonyl (C=O) groups excluding carboxylic acids is 1. The second-order valence-electron chi connectivity index (χ2n) is 7.33. The Kier molecular flexibility index (Phi) is 5.77. The zero-order valence-electron chi connectivity index (χ0n) is 15.0. The third-order valence-corrected chi connectivity index (χ3v) is 5.88. The molecule has 1 heterocycles. The molecule has 0 bridgehead atoms. The second kappa shape index (κ2) is 8.02. The van der Waals surface area contributed by atoms with Crippen LogP contribution >= 0.6 is 0 Å². The number of hydrogen-bond donors (Lipinski definition) is 1. The molecular formula is C20H30N2O2. The fourth-order valence-electron chi connectivity index (χ4n) is 4.23. The van der Waals surface area contributed by atoms with Crippen molar-refractivity contribution in [3.63, 3.8) is 0 Å². The summed E-state index contributed by atoms with van der Waals surface area (Å²) >= 11 is 0. The van der Waals surface area contributed by atoms with Crippen molar-refractivity contribution in [2.75, 3.05) is 20.2 Å². The minimum Gasteiger partial charge on any atom is -0.497 e. The van der Waals surface area contributed by atoms with Crippen LogP contribution in [0.25, 0.3) is 0 Å². The highest BCUT2D eigenvalue weighted by Gasteiger charge is 2.34. The molecule has 0 aromatic heterocycles. The Morgan fingerprint density at radius 3 is 2.62 bits per heavy atom. The predicted octanol–water partition coefficient (Wildman–Crippen LogP) is 3.21. The largest absolute Gasteiger partial charge is 0.497 e. The average molecular weight is 330 g/mol. The lowest BCUT2D eigenvalue weighted by Gasteiger charge is -2.43. The zero-order valence-corrected chi connectivity index (χ0v) is 15.0. The molecule has 4 heteroatoms. The monoisotopic (exact) mass is 330 g/mol. The molecule has 3 unspecified atom stereocenters. The van der Waals surface area contributed by atoms with E-state index in [2.05, 4.69) is 10.2 Å². The van der Waals surface area contributed by atoms with Crippen LogP contribution < -0.4 is 10.1 Å². The number of methoxy groups -OCH3 is 1. The minimum atomic E-state index is -0.0360. The van der Waals surface area contributed by atoms with Gasteiger partial charge >= 0.3 is 0 Å². The first-order valence-electron chi connectivity index (χ1n) is 9.32. The van der Waals surface area contributed by atoms with Gasteiger partial charge in [0.15, 0.2) is 0 Å². The number of piperidine rings is 1. The van der Waals surface area contributed by atoms with Gasteiger partial charge in [-0.25, -0.2) is 0 Å². The van der Waals surface area contributed by atoms with Crippen LogP contribution in [-0.4, -0.2) is 37.0 Å². The van der Waals surface area contributed by atoms with Crippen molar-refractivity contribution in [2.45, 2.75) is 51.6 Å². The highest BCUT2D eigenvalue weighted by atomic mass is 16.5. The molecule has 1 aromatic rings. The van der Waals surface area contributed by atoms with E-state index in [1.165, 1.54) is 32.1 Å². The maximum absolute atomic E-state index is 12.5. The molecular weight excluding hydrogens is 300 g/mol. The van der Waals surface area contributed by atoms with E-state index in [4.69, 9.17) is 4.74 Å². The van der Waals surface area contributed by atoms with Gasteiger partial charge in [0.2, 0.25) is 5.91 Å². The first kappa shape index (κ1) is 17.3. The van der Waals surface area contributed by atoms with Gasteiger partial charge in [0.25, 0.3) is 0 Å². The molecule has 24 heavy (non-hydrogen) atoms. The predicted molar refractivity (Wildman–Crippen MR) is 95.9 cm³/mol. The van der Waals surface area contributed by atoms with Crippen molar-refractivity contribution in [3.05, 3.63) is 29.8 Å². The number of nitrogens with one attached hydrogen (secondary N) is 1. The number of nitrogens with zero attached hydrogens (tertiary/aromatic N) is 1. The highest BCUT2D eigenvalue weighted by Crippen LogP contribution is 2.36. The lowest BCUT2D eigenvalue weighted by molar-refractivity contribution is -0.127. The van der Waals surface area contributed by atoms with Gasteiger partial charge in [0, 0.05) is 13.1 Å². The topological polar surface area (TPSA) is 41.6 Å². The van der Waals surface area contributed by atoms with Gasteiger partial charge in [-0.2, -0.15) is 0 Å². The van der Waals surface area contributed by atoms with E-state index >= 15 is 0 Å². The molecule has 3 atom stereocenters. The van der Waals surface area contributed by atoms with Crippen LogP contribution in [0.1, 0.15) is 44.6 Å². The summed E-state index contributed by atoms with van der Waals surface area (Å²) in [5.74, 6) is 2.70. The maximum atomic E-state index is 12.5. The molecule has 3 rings (SSSR count). The van der Waals surface area contributed by atoms with Crippen LogP contribution in [0.5, 0.6) is 5.75 Å². The molecule has 2 aliphatic rings. The lowest BCUT2D eigenvalue weighted by atomic mass is 9.75. The molecule has 1 aromatic carbocycles. The Balaban J connectivity index is 1.49. The smallest absolute Gasteiger partial charge is 0.237 e. The third kappa shape index (κ3) is 4.10. The number of carbonyl (C=O) groups is 1. The molecule has 2 fully saturated rings. The summed E-state index contributed by atoms with van der Waals surface area (Å²) < 4.78 is 5.16. The molecule has 132 valence electrons. The molecule has 1 N–H and O–H groups in total. The van der Waals surface area contributed by atoms with Crippen molar-refractivity contribution in [2.24, 2.45) is 11.8 Å². The van der Waals surface area contributed by atoms with E-state index in [0.29, 0.717) is 6.54 Å². The van der Waals surface area contributed by atoms with Gasteiger partial charge in [-0.3, -0.25) is 9.69 Å². The number of hydrogen-bond acceptors (Lipinski definition) is 3. The summed E-state index contributed by atoms with van der Waals surface area (Å²) in [7, 11) is 1.66. The van der Waals surface area contributed by atoms with Crippen molar-refractivity contribution >= 4 is 5.91 Å². The Morgan fingerprint density at radius 1 is 1.21 bits per heavy atom. The quantitative estimate of drug-likeness (QED) is 0.901. The number of benzene rings is 1. The van der Waals surface area contributed by atoms with Gasteiger partial charge in [-0.1, -0.05) is 31.4 Å². The number of likely N-dealkylation sites (tertiary alicyclic amines) is 1. The van der Waals surface area contributed by atoms with E-state index in [-0.39, 0.29) is 11.9 Å². The van der Waals surface area contributed by atoms with Gasteiger partial charge in [-0.05, 0) is 55.8 Å². The van der Waals surface area contributed by atoms with Gasteiger partial charge in [-0.15, -0.1) is 0 Å². The summed E-state index contributed by atoms with van der Waals surface area (Å²) in [6.45, 7) is 4.79. The van der Waals surface area contributed by atoms with Crippen LogP contribution in [0.3, 0.4) is 0 Å². The molecule has 1 saturated heterocycles. The molecule has 1 amide bonds. The zero-order chi connectivity index (χ0) is 16.9. The Hall–Kier alpha value is -1.55. The van der Waals surface area contributed by atoms with Crippen LogP contribution in [0, 0.1) is 11.8 Å². The number of rotatable bonds is 5. The molecule has 4 nitrogen and oxygen atoms in total. The fraction of sp³-hybridized carbons (Fsp3) is 0.650. The third-order valence-electron chi connectivity index (χ3n) is 5.88. The van der Waals surface area contributed by atoms with E-state index in [1.54, 1.807) is 7.11 Å². The first-order chi connectivity index (χ1) is 11.7. The van der Waals surface area contributed by atoms with Crippen LogP contribution in [0.4, 0.5) is 0 Å². The SMILES string of the molecule is COc1ccc(CNC(=O)C(C)N2CCC3CCCCC3C2)cc1. The fourth-order valence-corrected chi connectivity index (χ4v) is 4.23. The Bertz CT molecular complexity index is 543. The summed E-state index contributed by atoms with van der Waals surface area (Å²) in [5.41, 5.74) is 1.10. The molecule has 1 aliphatic heterocycles. The number of ether oxygens (including phenoxy) is 1. The second-order valence-corrected chi connectivity index (χ2v) is 7.33. The summed E-state index contributed by atoms with van der Waals surface area (Å²) in [4.78, 5) is 14.9. The van der Waals surface area contributed by atoms with Gasteiger partial charge in [0.1, 0.15) is 5.75 Å². The minimum absolute atomic E-state index is 0.0360. The van der Waals surface area contributed by atoms with Crippen LogP contribution in [0.2, 0.25) is 0 Å². The molecule has 1 aliphatic carbocycles. The average Bonchev–Trinajstić information content (AvgIpc) is 2.65. The summed E-state index contributed by atoms with van der Waals surface area (Å²) in [6, 6.07) is 7.82. The van der Waals surface area contributed by atoms with Crippen LogP contribution in [0.15, 0.2) is 24.3 Å². The summed E-state index contributed by atoms with van der Waals surface area (Å²) in [6.07, 6.45) is 6.78. The standard InChI is InChI=1S/C20H30N2O2/c1-15(22-12-11-17-5-3-4-6-18(17)14-22)20(23)21-13-16-7-9-19(24-2)10-8-16/h7-10,15,17-18H,3-6,11-14H2,1-2H3,(H,21,23). The van der Waals surface area contributed by atoms with Crippen LogP contribution in [-0.2, 0) is 11.3 Å². The van der Waals surface area contributed by atoms with E-state index in [1.807, 2.05) is 31.2 Å². The van der Waals surface area contributed by atoms with E-state index in [0.717, 1.165) is 36.2 Å². The van der Waals surface area contributed by atoms with E-state index < -0.39 is 0 Å².